The SMILES string of the molecule is O=C(Nc1ccc2c(c1)N(C(=O)c1ccccc1)CCC2)c1cccc(F)c1. The van der Waals surface area contributed by atoms with Gasteiger partial charge in [-0.05, 0) is 60.9 Å². The third-order valence-electron chi connectivity index (χ3n) is 4.81. The number of nitrogens with zero attached hydrogens (tertiary/aromatic N) is 1. The van der Waals surface area contributed by atoms with Gasteiger partial charge in [0.05, 0.1) is 0 Å². The number of halogens is 1. The molecule has 0 aromatic heterocycles. The molecule has 4 nitrogen and oxygen atoms in total. The first-order chi connectivity index (χ1) is 13.6. The maximum atomic E-state index is 13.4. The van der Waals surface area contributed by atoms with Crippen molar-refractivity contribution in [2.75, 3.05) is 16.8 Å². The van der Waals surface area contributed by atoms with E-state index in [1.54, 1.807) is 23.1 Å². The van der Waals surface area contributed by atoms with Crippen molar-refractivity contribution >= 4 is 23.2 Å². The van der Waals surface area contributed by atoms with Crippen LogP contribution in [0.3, 0.4) is 0 Å². The van der Waals surface area contributed by atoms with Gasteiger partial charge in [0.2, 0.25) is 0 Å². The van der Waals surface area contributed by atoms with Gasteiger partial charge in [-0.25, -0.2) is 4.39 Å². The molecular weight excluding hydrogens is 355 g/mol. The molecule has 5 heteroatoms. The maximum absolute atomic E-state index is 13.4. The van der Waals surface area contributed by atoms with Gasteiger partial charge in [0.1, 0.15) is 5.82 Å². The molecule has 2 amide bonds. The highest BCUT2D eigenvalue weighted by atomic mass is 19.1. The van der Waals surface area contributed by atoms with Crippen molar-refractivity contribution in [1.82, 2.24) is 0 Å². The molecule has 0 saturated heterocycles. The molecule has 0 unspecified atom stereocenters. The Hall–Kier alpha value is -3.47. The van der Waals surface area contributed by atoms with Crippen LogP contribution >= 0.6 is 0 Å². The first-order valence-electron chi connectivity index (χ1n) is 9.18. The van der Waals surface area contributed by atoms with Crippen molar-refractivity contribution in [3.8, 4) is 0 Å². The zero-order valence-corrected chi connectivity index (χ0v) is 15.2. The Kier molecular flexibility index (Phi) is 4.89. The smallest absolute Gasteiger partial charge is 0.258 e. The molecule has 0 radical (unpaired) electrons. The van der Waals surface area contributed by atoms with Crippen LogP contribution < -0.4 is 10.2 Å². The first kappa shape index (κ1) is 17.9. The molecule has 3 aromatic rings. The predicted molar refractivity (Wildman–Crippen MR) is 107 cm³/mol. The molecule has 0 aliphatic carbocycles. The molecule has 28 heavy (non-hydrogen) atoms. The summed E-state index contributed by atoms with van der Waals surface area (Å²) < 4.78 is 13.4. The van der Waals surface area contributed by atoms with Crippen molar-refractivity contribution in [2.45, 2.75) is 12.8 Å². The van der Waals surface area contributed by atoms with Gasteiger partial charge in [0.25, 0.3) is 11.8 Å². The zero-order valence-electron chi connectivity index (χ0n) is 15.2. The Morgan fingerprint density at radius 3 is 2.46 bits per heavy atom. The summed E-state index contributed by atoms with van der Waals surface area (Å²) in [5, 5.41) is 2.79. The number of carbonyl (C=O) groups excluding carboxylic acids is 2. The van der Waals surface area contributed by atoms with Gasteiger partial charge in [0.15, 0.2) is 0 Å². The van der Waals surface area contributed by atoms with E-state index in [1.165, 1.54) is 18.2 Å². The van der Waals surface area contributed by atoms with Gasteiger partial charge in [-0.3, -0.25) is 9.59 Å². The quantitative estimate of drug-likeness (QED) is 0.724. The summed E-state index contributed by atoms with van der Waals surface area (Å²) in [5.41, 5.74) is 3.32. The Balaban J connectivity index is 1.61. The number of anilines is 2. The van der Waals surface area contributed by atoms with Crippen molar-refractivity contribution in [3.05, 3.63) is 95.3 Å². The Morgan fingerprint density at radius 2 is 1.68 bits per heavy atom. The lowest BCUT2D eigenvalue weighted by Crippen LogP contribution is -2.35. The summed E-state index contributed by atoms with van der Waals surface area (Å²) in [7, 11) is 0. The van der Waals surface area contributed by atoms with E-state index in [1.807, 2.05) is 36.4 Å². The second-order valence-electron chi connectivity index (χ2n) is 6.73. The fourth-order valence-corrected chi connectivity index (χ4v) is 3.43. The van der Waals surface area contributed by atoms with Crippen LogP contribution in [-0.2, 0) is 6.42 Å². The molecule has 1 heterocycles. The predicted octanol–water partition coefficient (Wildman–Crippen LogP) is 4.67. The van der Waals surface area contributed by atoms with Crippen LogP contribution in [-0.4, -0.2) is 18.4 Å². The van der Waals surface area contributed by atoms with Gasteiger partial charge >= 0.3 is 0 Å². The number of fused-ring (bicyclic) bond motifs is 1. The third-order valence-corrected chi connectivity index (χ3v) is 4.81. The topological polar surface area (TPSA) is 49.4 Å². The largest absolute Gasteiger partial charge is 0.322 e. The lowest BCUT2D eigenvalue weighted by molar-refractivity contribution is 0.0984. The van der Waals surface area contributed by atoms with Crippen LogP contribution in [0.25, 0.3) is 0 Å². The number of aryl methyl sites for hydroxylation is 1. The standard InChI is InChI=1S/C23H19FN2O2/c24-19-10-4-8-18(14-19)22(27)25-20-12-11-16-9-5-13-26(21(16)15-20)23(28)17-6-2-1-3-7-17/h1-4,6-8,10-12,14-15H,5,9,13H2,(H,25,27). The minimum atomic E-state index is -0.460. The van der Waals surface area contributed by atoms with E-state index in [9.17, 15) is 14.0 Å². The highest BCUT2D eigenvalue weighted by Crippen LogP contribution is 2.31. The number of carbonyl (C=O) groups is 2. The molecule has 4 rings (SSSR count). The lowest BCUT2D eigenvalue weighted by atomic mass is 10.00. The highest BCUT2D eigenvalue weighted by Gasteiger charge is 2.24. The second-order valence-corrected chi connectivity index (χ2v) is 6.73. The van der Waals surface area contributed by atoms with Crippen molar-refractivity contribution in [1.29, 1.82) is 0 Å². The van der Waals surface area contributed by atoms with Crippen LogP contribution in [0, 0.1) is 5.82 Å². The molecule has 1 aliphatic rings. The molecule has 140 valence electrons. The average molecular weight is 374 g/mol. The van der Waals surface area contributed by atoms with Gasteiger partial charge in [-0.15, -0.1) is 0 Å². The number of amides is 2. The van der Waals surface area contributed by atoms with Gasteiger partial charge in [0, 0.05) is 29.0 Å². The number of hydrogen-bond acceptors (Lipinski definition) is 2. The van der Waals surface area contributed by atoms with E-state index < -0.39 is 11.7 Å². The van der Waals surface area contributed by atoms with Crippen molar-refractivity contribution in [3.63, 3.8) is 0 Å². The Morgan fingerprint density at radius 1 is 0.893 bits per heavy atom. The van der Waals surface area contributed by atoms with Crippen molar-refractivity contribution < 1.29 is 14.0 Å². The van der Waals surface area contributed by atoms with Crippen LogP contribution in [0.2, 0.25) is 0 Å². The summed E-state index contributed by atoms with van der Waals surface area (Å²) in [6.45, 7) is 0.627. The number of rotatable bonds is 3. The van der Waals surface area contributed by atoms with E-state index in [2.05, 4.69) is 5.32 Å². The zero-order chi connectivity index (χ0) is 19.5. The molecule has 1 aliphatic heterocycles. The van der Waals surface area contributed by atoms with Crippen LogP contribution in [0.5, 0.6) is 0 Å². The van der Waals surface area contributed by atoms with Gasteiger partial charge < -0.3 is 10.2 Å². The highest BCUT2D eigenvalue weighted by molar-refractivity contribution is 6.08. The minimum Gasteiger partial charge on any atom is -0.322 e. The molecule has 3 aromatic carbocycles. The van der Waals surface area contributed by atoms with E-state index in [4.69, 9.17) is 0 Å². The molecule has 0 fully saturated rings. The monoisotopic (exact) mass is 374 g/mol. The first-order valence-corrected chi connectivity index (χ1v) is 9.18. The van der Waals surface area contributed by atoms with E-state index in [0.717, 1.165) is 24.1 Å². The average Bonchev–Trinajstić information content (AvgIpc) is 2.73. The Bertz CT molecular complexity index is 1030. The van der Waals surface area contributed by atoms with Gasteiger partial charge in [-0.1, -0.05) is 30.3 Å². The summed E-state index contributed by atoms with van der Waals surface area (Å²) in [6.07, 6.45) is 1.77. The van der Waals surface area contributed by atoms with E-state index in [0.29, 0.717) is 17.8 Å². The molecule has 0 atom stereocenters. The van der Waals surface area contributed by atoms with Gasteiger partial charge in [-0.2, -0.15) is 0 Å². The summed E-state index contributed by atoms with van der Waals surface area (Å²) >= 11 is 0. The summed E-state index contributed by atoms with van der Waals surface area (Å²) in [4.78, 5) is 27.1. The number of benzene rings is 3. The lowest BCUT2D eigenvalue weighted by Gasteiger charge is -2.30. The molecular formula is C23H19FN2O2. The molecule has 0 saturated carbocycles. The second kappa shape index (κ2) is 7.64. The van der Waals surface area contributed by atoms with Crippen LogP contribution in [0.1, 0.15) is 32.7 Å². The van der Waals surface area contributed by atoms with Crippen LogP contribution in [0.4, 0.5) is 15.8 Å². The summed E-state index contributed by atoms with van der Waals surface area (Å²) in [5.74, 6) is -0.913. The fraction of sp³-hybridized carbons (Fsp3) is 0.130. The molecule has 0 bridgehead atoms. The van der Waals surface area contributed by atoms with Crippen LogP contribution in [0.15, 0.2) is 72.8 Å². The minimum absolute atomic E-state index is 0.0600. The molecule has 1 N–H and O–H groups in total. The fourth-order valence-electron chi connectivity index (χ4n) is 3.43. The van der Waals surface area contributed by atoms with E-state index in [-0.39, 0.29) is 11.5 Å². The summed E-state index contributed by atoms with van der Waals surface area (Å²) in [6, 6.07) is 20.3. The maximum Gasteiger partial charge on any atom is 0.258 e. The Labute approximate surface area is 162 Å². The molecule has 0 spiro atoms. The third kappa shape index (κ3) is 3.64. The van der Waals surface area contributed by atoms with Crippen molar-refractivity contribution in [2.24, 2.45) is 0 Å². The normalized spacial score (nSPS) is 13.0. The number of nitrogens with one attached hydrogen (secondary N) is 1. The number of hydrogen-bond donors (Lipinski definition) is 1. The van der Waals surface area contributed by atoms with E-state index >= 15 is 0 Å².